The van der Waals surface area contributed by atoms with Gasteiger partial charge in [-0.05, 0) is 6.07 Å². The van der Waals surface area contributed by atoms with Crippen molar-refractivity contribution in [3.63, 3.8) is 0 Å². The molecule has 0 saturated heterocycles. The number of halogens is 2. The largest absolute Gasteiger partial charge is 0.396 e. The Balaban J connectivity index is 3.10. The molecule has 0 amide bonds. The molecule has 5 heteroatoms. The van der Waals surface area contributed by atoms with Crippen molar-refractivity contribution in [2.24, 2.45) is 5.73 Å². The van der Waals surface area contributed by atoms with Gasteiger partial charge in [-0.15, -0.1) is 0 Å². The lowest BCUT2D eigenvalue weighted by molar-refractivity contribution is 0.559. The molecule has 1 aromatic carbocycles. The van der Waals surface area contributed by atoms with Gasteiger partial charge in [0.1, 0.15) is 11.6 Å². The summed E-state index contributed by atoms with van der Waals surface area (Å²) in [5.41, 5.74) is 10.6. The van der Waals surface area contributed by atoms with Crippen LogP contribution in [0.2, 0.25) is 0 Å². The number of hydrogen-bond donors (Lipinski definition) is 2. The third-order valence-electron chi connectivity index (χ3n) is 1.83. The van der Waals surface area contributed by atoms with Crippen LogP contribution in [0.15, 0.2) is 12.1 Å². The second kappa shape index (κ2) is 4.03. The Bertz CT molecular complexity index is 384. The van der Waals surface area contributed by atoms with Gasteiger partial charge in [0.05, 0.1) is 18.2 Å². The van der Waals surface area contributed by atoms with Crippen molar-refractivity contribution in [3.05, 3.63) is 29.3 Å². The maximum atomic E-state index is 13.1. The number of anilines is 1. The van der Waals surface area contributed by atoms with E-state index in [-0.39, 0.29) is 17.7 Å². The molecule has 14 heavy (non-hydrogen) atoms. The average Bonchev–Trinajstić information content (AvgIpc) is 2.11. The highest BCUT2D eigenvalue weighted by molar-refractivity contribution is 5.44. The third-order valence-corrected chi connectivity index (χ3v) is 1.83. The van der Waals surface area contributed by atoms with Gasteiger partial charge in [0.2, 0.25) is 0 Å². The molecule has 0 aliphatic rings. The van der Waals surface area contributed by atoms with Crippen molar-refractivity contribution in [1.82, 2.24) is 0 Å². The lowest BCUT2D eigenvalue weighted by Gasteiger charge is -2.10. The summed E-state index contributed by atoms with van der Waals surface area (Å²) in [6.45, 7) is 0. The van der Waals surface area contributed by atoms with Crippen molar-refractivity contribution >= 4 is 5.69 Å². The number of benzene rings is 1. The number of nitrogens with zero attached hydrogens (tertiary/aromatic N) is 1. The lowest BCUT2D eigenvalue weighted by atomic mass is 10.0. The summed E-state index contributed by atoms with van der Waals surface area (Å²) in [5.74, 6) is -1.60. The van der Waals surface area contributed by atoms with E-state index in [1.54, 1.807) is 6.07 Å². The first-order valence-electron chi connectivity index (χ1n) is 3.93. The summed E-state index contributed by atoms with van der Waals surface area (Å²) in [6, 6.07) is 2.81. The van der Waals surface area contributed by atoms with Crippen molar-refractivity contribution in [3.8, 4) is 6.07 Å². The SMILES string of the molecule is N#CC[C@@H](N)c1cc(N)c(F)cc1F. The van der Waals surface area contributed by atoms with E-state index in [2.05, 4.69) is 0 Å². The molecule has 0 unspecified atom stereocenters. The molecule has 4 N–H and O–H groups in total. The van der Waals surface area contributed by atoms with E-state index in [0.717, 1.165) is 6.07 Å². The Kier molecular flexibility index (Phi) is 2.99. The van der Waals surface area contributed by atoms with E-state index in [1.807, 2.05) is 0 Å². The molecule has 0 spiro atoms. The van der Waals surface area contributed by atoms with Gasteiger partial charge in [-0.1, -0.05) is 0 Å². The van der Waals surface area contributed by atoms with Gasteiger partial charge >= 0.3 is 0 Å². The molecular formula is C9H9F2N3. The summed E-state index contributed by atoms with van der Waals surface area (Å²) in [5, 5.41) is 8.36. The molecular weight excluding hydrogens is 188 g/mol. The van der Waals surface area contributed by atoms with E-state index in [4.69, 9.17) is 16.7 Å². The smallest absolute Gasteiger partial charge is 0.149 e. The highest BCUT2D eigenvalue weighted by Crippen LogP contribution is 2.22. The van der Waals surface area contributed by atoms with Crippen LogP contribution in [-0.4, -0.2) is 0 Å². The highest BCUT2D eigenvalue weighted by atomic mass is 19.1. The van der Waals surface area contributed by atoms with E-state index in [0.29, 0.717) is 6.07 Å². The van der Waals surface area contributed by atoms with Gasteiger partial charge in [-0.2, -0.15) is 5.26 Å². The van der Waals surface area contributed by atoms with Crippen LogP contribution in [0.4, 0.5) is 14.5 Å². The van der Waals surface area contributed by atoms with E-state index < -0.39 is 17.7 Å². The molecule has 1 atom stereocenters. The van der Waals surface area contributed by atoms with E-state index >= 15 is 0 Å². The van der Waals surface area contributed by atoms with Gasteiger partial charge in [-0.3, -0.25) is 0 Å². The fourth-order valence-electron chi connectivity index (χ4n) is 1.08. The first-order chi connectivity index (χ1) is 6.56. The minimum atomic E-state index is -0.824. The van der Waals surface area contributed by atoms with Gasteiger partial charge in [0.15, 0.2) is 0 Å². The number of rotatable bonds is 2. The van der Waals surface area contributed by atoms with Gasteiger partial charge in [0, 0.05) is 17.7 Å². The zero-order valence-electron chi connectivity index (χ0n) is 7.30. The fraction of sp³-hybridized carbons (Fsp3) is 0.222. The Hall–Kier alpha value is -1.67. The van der Waals surface area contributed by atoms with Gasteiger partial charge in [0.25, 0.3) is 0 Å². The normalized spacial score (nSPS) is 12.1. The van der Waals surface area contributed by atoms with Gasteiger partial charge < -0.3 is 11.5 Å². The van der Waals surface area contributed by atoms with Crippen LogP contribution >= 0.6 is 0 Å². The molecule has 0 aromatic heterocycles. The average molecular weight is 197 g/mol. The van der Waals surface area contributed by atoms with Crippen LogP contribution in [0.3, 0.4) is 0 Å². The highest BCUT2D eigenvalue weighted by Gasteiger charge is 2.13. The minimum Gasteiger partial charge on any atom is -0.396 e. The maximum Gasteiger partial charge on any atom is 0.149 e. The first kappa shape index (κ1) is 10.4. The topological polar surface area (TPSA) is 75.8 Å². The predicted molar refractivity (Wildman–Crippen MR) is 47.9 cm³/mol. The van der Waals surface area contributed by atoms with E-state index in [1.165, 1.54) is 0 Å². The number of nitrogen functional groups attached to an aromatic ring is 1. The quantitative estimate of drug-likeness (QED) is 0.704. The second-order valence-corrected chi connectivity index (χ2v) is 2.86. The Morgan fingerprint density at radius 2 is 2.00 bits per heavy atom. The minimum absolute atomic E-state index is 0.0397. The second-order valence-electron chi connectivity index (χ2n) is 2.86. The summed E-state index contributed by atoms with van der Waals surface area (Å²) >= 11 is 0. The Morgan fingerprint density at radius 3 is 2.57 bits per heavy atom. The van der Waals surface area contributed by atoms with Gasteiger partial charge in [-0.25, -0.2) is 8.78 Å². The summed E-state index contributed by atoms with van der Waals surface area (Å²) in [4.78, 5) is 0. The maximum absolute atomic E-state index is 13.1. The predicted octanol–water partition coefficient (Wildman–Crippen LogP) is 1.46. The van der Waals surface area contributed by atoms with Crippen molar-refractivity contribution in [2.45, 2.75) is 12.5 Å². The summed E-state index contributed by atoms with van der Waals surface area (Å²) in [7, 11) is 0. The summed E-state index contributed by atoms with van der Waals surface area (Å²) < 4.78 is 25.9. The lowest BCUT2D eigenvalue weighted by Crippen LogP contribution is -2.12. The molecule has 3 nitrogen and oxygen atoms in total. The van der Waals surface area contributed by atoms with Crippen LogP contribution in [0, 0.1) is 23.0 Å². The zero-order valence-corrected chi connectivity index (χ0v) is 7.30. The molecule has 0 saturated carbocycles. The molecule has 0 radical (unpaired) electrons. The molecule has 0 heterocycles. The van der Waals surface area contributed by atoms with Crippen LogP contribution < -0.4 is 11.5 Å². The van der Waals surface area contributed by atoms with Crippen molar-refractivity contribution in [2.75, 3.05) is 5.73 Å². The molecule has 0 bridgehead atoms. The Labute approximate surface area is 79.9 Å². The van der Waals surface area contributed by atoms with Crippen LogP contribution in [-0.2, 0) is 0 Å². The number of nitriles is 1. The third kappa shape index (κ3) is 1.98. The van der Waals surface area contributed by atoms with Crippen LogP contribution in [0.25, 0.3) is 0 Å². The fourth-order valence-corrected chi connectivity index (χ4v) is 1.08. The number of nitrogens with two attached hydrogens (primary N) is 2. The van der Waals surface area contributed by atoms with Crippen LogP contribution in [0.5, 0.6) is 0 Å². The van der Waals surface area contributed by atoms with Crippen LogP contribution in [0.1, 0.15) is 18.0 Å². The first-order valence-corrected chi connectivity index (χ1v) is 3.93. The molecule has 74 valence electrons. The Morgan fingerprint density at radius 1 is 1.36 bits per heavy atom. The number of hydrogen-bond acceptors (Lipinski definition) is 3. The molecule has 1 aromatic rings. The zero-order chi connectivity index (χ0) is 10.7. The van der Waals surface area contributed by atoms with Crippen molar-refractivity contribution in [1.29, 1.82) is 5.26 Å². The molecule has 0 aliphatic carbocycles. The van der Waals surface area contributed by atoms with E-state index in [9.17, 15) is 8.78 Å². The molecule has 0 fully saturated rings. The molecule has 1 rings (SSSR count). The molecule has 0 aliphatic heterocycles. The summed E-state index contributed by atoms with van der Waals surface area (Å²) in [6.07, 6.45) is -0.0397. The monoisotopic (exact) mass is 197 g/mol. The standard InChI is InChI=1S/C9H9F2N3/c10-6-4-7(11)9(14)3-5(6)8(13)1-2-12/h3-4,8H,1,13-14H2/t8-/m1/s1. The van der Waals surface area contributed by atoms with Crippen molar-refractivity contribution < 1.29 is 8.78 Å².